The number of hydrogen-bond acceptors (Lipinski definition) is 3. The Morgan fingerprint density at radius 2 is 2.41 bits per heavy atom. The first kappa shape index (κ1) is 10.4. The second kappa shape index (κ2) is 3.92. The fourth-order valence-corrected chi connectivity index (χ4v) is 2.23. The molecule has 0 aliphatic carbocycles. The number of nitrogens with one attached hydrogen (secondary N) is 1. The Hall–Kier alpha value is -1.75. The van der Waals surface area contributed by atoms with Crippen LogP contribution < -0.4 is 10.9 Å². The lowest BCUT2D eigenvalue weighted by molar-refractivity contribution is 0.623. The summed E-state index contributed by atoms with van der Waals surface area (Å²) in [6, 6.07) is 4.32. The minimum Gasteiger partial charge on any atom is -0.316 e. The van der Waals surface area contributed by atoms with Gasteiger partial charge in [-0.15, -0.1) is 0 Å². The highest BCUT2D eigenvalue weighted by molar-refractivity contribution is 5.40. The molecule has 0 bridgehead atoms. The molecule has 2 aromatic rings. The van der Waals surface area contributed by atoms with E-state index in [2.05, 4.69) is 10.3 Å². The van der Waals surface area contributed by atoms with Gasteiger partial charge in [0, 0.05) is 24.7 Å². The van der Waals surface area contributed by atoms with Crippen molar-refractivity contribution in [2.45, 2.75) is 12.3 Å². The minimum absolute atomic E-state index is 0.113. The van der Waals surface area contributed by atoms with Gasteiger partial charge in [0.2, 0.25) is 0 Å². The molecule has 5 heteroatoms. The van der Waals surface area contributed by atoms with E-state index in [-0.39, 0.29) is 17.1 Å². The van der Waals surface area contributed by atoms with Crippen molar-refractivity contribution in [2.75, 3.05) is 13.1 Å². The second-order valence-electron chi connectivity index (χ2n) is 4.26. The van der Waals surface area contributed by atoms with E-state index in [4.69, 9.17) is 0 Å². The van der Waals surface area contributed by atoms with Gasteiger partial charge in [-0.2, -0.15) is 0 Å². The fraction of sp³-hybridized carbons (Fsp3) is 0.333. The van der Waals surface area contributed by atoms with E-state index in [0.717, 1.165) is 19.5 Å². The molecule has 4 nitrogen and oxygen atoms in total. The van der Waals surface area contributed by atoms with Crippen molar-refractivity contribution in [3.63, 3.8) is 0 Å². The highest BCUT2D eigenvalue weighted by Gasteiger charge is 2.19. The van der Waals surface area contributed by atoms with Crippen LogP contribution in [-0.2, 0) is 0 Å². The van der Waals surface area contributed by atoms with Gasteiger partial charge >= 0.3 is 0 Å². The van der Waals surface area contributed by atoms with E-state index in [0.29, 0.717) is 5.69 Å². The summed E-state index contributed by atoms with van der Waals surface area (Å²) in [5.74, 6) is -0.246. The van der Waals surface area contributed by atoms with E-state index >= 15 is 0 Å². The van der Waals surface area contributed by atoms with Crippen LogP contribution in [0.1, 0.15) is 18.0 Å². The molecule has 1 unspecified atom stereocenters. The summed E-state index contributed by atoms with van der Waals surface area (Å²) >= 11 is 0. The van der Waals surface area contributed by atoms with Crippen LogP contribution in [0.4, 0.5) is 4.39 Å². The molecule has 1 aliphatic heterocycles. The molecule has 0 aromatic carbocycles. The molecule has 1 N–H and O–H groups in total. The van der Waals surface area contributed by atoms with Crippen molar-refractivity contribution in [1.29, 1.82) is 0 Å². The number of hydrogen-bond donors (Lipinski definition) is 1. The molecule has 88 valence electrons. The van der Waals surface area contributed by atoms with Gasteiger partial charge < -0.3 is 5.32 Å². The quantitative estimate of drug-likeness (QED) is 0.796. The van der Waals surface area contributed by atoms with Gasteiger partial charge in [-0.3, -0.25) is 9.20 Å². The normalized spacial score (nSPS) is 19.9. The molecule has 3 rings (SSSR count). The minimum atomic E-state index is -0.461. The molecule has 1 atom stereocenters. The first-order valence-corrected chi connectivity index (χ1v) is 5.64. The number of fused-ring (bicyclic) bond motifs is 1. The zero-order valence-electron chi connectivity index (χ0n) is 9.19. The summed E-state index contributed by atoms with van der Waals surface area (Å²) in [6.45, 7) is 1.72. The van der Waals surface area contributed by atoms with Gasteiger partial charge in [-0.05, 0) is 25.1 Å². The third-order valence-electron chi connectivity index (χ3n) is 3.14. The van der Waals surface area contributed by atoms with Gasteiger partial charge in [-0.25, -0.2) is 9.37 Å². The Morgan fingerprint density at radius 1 is 1.53 bits per heavy atom. The van der Waals surface area contributed by atoms with E-state index in [1.807, 2.05) is 0 Å². The number of pyridine rings is 1. The van der Waals surface area contributed by atoms with Crippen molar-refractivity contribution in [3.8, 4) is 0 Å². The molecule has 0 saturated carbocycles. The maximum absolute atomic E-state index is 13.6. The van der Waals surface area contributed by atoms with Crippen LogP contribution in [0.15, 0.2) is 29.2 Å². The van der Waals surface area contributed by atoms with Gasteiger partial charge in [0.25, 0.3) is 5.56 Å². The van der Waals surface area contributed by atoms with Crippen LogP contribution in [-0.4, -0.2) is 22.5 Å². The SMILES string of the molecule is O=c1cc(C2CCNC2)nc2c(F)cccn12. The monoisotopic (exact) mass is 233 g/mol. The highest BCUT2D eigenvalue weighted by atomic mass is 19.1. The smallest absolute Gasteiger partial charge is 0.258 e. The first-order chi connectivity index (χ1) is 8.25. The van der Waals surface area contributed by atoms with Crippen LogP contribution in [0.25, 0.3) is 5.65 Å². The van der Waals surface area contributed by atoms with Crippen LogP contribution in [0.5, 0.6) is 0 Å². The summed E-state index contributed by atoms with van der Waals surface area (Å²) < 4.78 is 14.8. The summed E-state index contributed by atoms with van der Waals surface area (Å²) in [5.41, 5.74) is 0.573. The molecular formula is C12H12FN3O. The van der Waals surface area contributed by atoms with E-state index < -0.39 is 5.82 Å². The predicted molar refractivity (Wildman–Crippen MR) is 61.6 cm³/mol. The molecule has 0 spiro atoms. The summed E-state index contributed by atoms with van der Waals surface area (Å²) in [5, 5.41) is 3.21. The Labute approximate surface area is 97.1 Å². The van der Waals surface area contributed by atoms with E-state index in [1.54, 1.807) is 0 Å². The molecule has 1 saturated heterocycles. The Kier molecular flexibility index (Phi) is 2.40. The molecular weight excluding hydrogens is 221 g/mol. The lowest BCUT2D eigenvalue weighted by atomic mass is 10.0. The molecule has 3 heterocycles. The van der Waals surface area contributed by atoms with Crippen molar-refractivity contribution >= 4 is 5.65 Å². The lowest BCUT2D eigenvalue weighted by Gasteiger charge is -2.09. The van der Waals surface area contributed by atoms with Crippen LogP contribution in [0.2, 0.25) is 0 Å². The van der Waals surface area contributed by atoms with Crippen molar-refractivity contribution < 1.29 is 4.39 Å². The molecule has 0 radical (unpaired) electrons. The Balaban J connectivity index is 2.22. The third-order valence-corrected chi connectivity index (χ3v) is 3.14. The van der Waals surface area contributed by atoms with Gasteiger partial charge in [0.05, 0.1) is 5.69 Å². The van der Waals surface area contributed by atoms with Gasteiger partial charge in [0.1, 0.15) is 0 Å². The zero-order valence-corrected chi connectivity index (χ0v) is 9.19. The summed E-state index contributed by atoms with van der Waals surface area (Å²) in [4.78, 5) is 16.1. The van der Waals surface area contributed by atoms with Crippen LogP contribution in [0, 0.1) is 5.82 Å². The number of rotatable bonds is 1. The largest absolute Gasteiger partial charge is 0.316 e. The number of aromatic nitrogens is 2. The Morgan fingerprint density at radius 3 is 3.18 bits per heavy atom. The fourth-order valence-electron chi connectivity index (χ4n) is 2.23. The van der Waals surface area contributed by atoms with Crippen LogP contribution in [0.3, 0.4) is 0 Å². The second-order valence-corrected chi connectivity index (χ2v) is 4.26. The maximum Gasteiger partial charge on any atom is 0.258 e. The average Bonchev–Trinajstić information content (AvgIpc) is 2.84. The first-order valence-electron chi connectivity index (χ1n) is 5.64. The molecule has 1 fully saturated rings. The maximum atomic E-state index is 13.6. The summed E-state index contributed by atoms with van der Waals surface area (Å²) in [6.07, 6.45) is 2.47. The topological polar surface area (TPSA) is 46.4 Å². The predicted octanol–water partition coefficient (Wildman–Crippen LogP) is 0.910. The lowest BCUT2D eigenvalue weighted by Crippen LogP contribution is -2.18. The van der Waals surface area contributed by atoms with Crippen molar-refractivity contribution in [3.05, 3.63) is 46.3 Å². The summed E-state index contributed by atoms with van der Waals surface area (Å²) in [7, 11) is 0. The highest BCUT2D eigenvalue weighted by Crippen LogP contribution is 2.20. The van der Waals surface area contributed by atoms with E-state index in [9.17, 15) is 9.18 Å². The Bertz CT molecular complexity index is 617. The van der Waals surface area contributed by atoms with Gasteiger partial charge in [-0.1, -0.05) is 0 Å². The zero-order chi connectivity index (χ0) is 11.8. The van der Waals surface area contributed by atoms with E-state index in [1.165, 1.54) is 28.8 Å². The average molecular weight is 233 g/mol. The molecule has 17 heavy (non-hydrogen) atoms. The number of halogens is 1. The van der Waals surface area contributed by atoms with Crippen molar-refractivity contribution in [2.24, 2.45) is 0 Å². The third kappa shape index (κ3) is 1.72. The number of nitrogens with zero attached hydrogens (tertiary/aromatic N) is 2. The molecule has 0 amide bonds. The standard InChI is InChI=1S/C12H12FN3O/c13-9-2-1-5-16-11(17)6-10(15-12(9)16)8-3-4-14-7-8/h1-2,5-6,8,14H,3-4,7H2. The van der Waals surface area contributed by atoms with Gasteiger partial charge in [0.15, 0.2) is 11.5 Å². The van der Waals surface area contributed by atoms with Crippen molar-refractivity contribution in [1.82, 2.24) is 14.7 Å². The molecule has 1 aliphatic rings. The van der Waals surface area contributed by atoms with Crippen LogP contribution >= 0.6 is 0 Å². The molecule has 2 aromatic heterocycles.